The van der Waals surface area contributed by atoms with Crippen LogP contribution in [0.15, 0.2) is 109 Å². The molecule has 0 N–H and O–H groups in total. The molecule has 14 radical (unpaired) electrons. The minimum atomic E-state index is 0.170. The third-order valence-electron chi connectivity index (χ3n) is 9.00. The maximum atomic E-state index is 6.77. The molecule has 6 aromatic carbocycles. The van der Waals surface area contributed by atoms with E-state index in [1.807, 2.05) is 84.9 Å². The van der Waals surface area contributed by atoms with Crippen molar-refractivity contribution in [2.24, 2.45) is 0 Å². The third-order valence-corrected chi connectivity index (χ3v) is 10.2. The van der Waals surface area contributed by atoms with Gasteiger partial charge in [0.1, 0.15) is 54.9 Å². The molecule has 11 heteroatoms. The van der Waals surface area contributed by atoms with Crippen molar-refractivity contribution >= 4 is 125 Å². The van der Waals surface area contributed by atoms with Crippen molar-refractivity contribution in [2.75, 3.05) is 0 Å². The summed E-state index contributed by atoms with van der Waals surface area (Å²) in [5.74, 6) is 1.21. The highest BCUT2D eigenvalue weighted by molar-refractivity contribution is 7.28. The van der Waals surface area contributed by atoms with Crippen molar-refractivity contribution in [2.45, 2.75) is 0 Å². The predicted molar refractivity (Wildman–Crippen MR) is 218 cm³/mol. The zero-order chi connectivity index (χ0) is 34.7. The first-order chi connectivity index (χ1) is 24.2. The molecule has 0 fully saturated rings. The minimum Gasteiger partial charge on any atom is -0.208 e. The quantitative estimate of drug-likeness (QED) is 0.272. The Balaban J connectivity index is 1.37. The topological polar surface area (TPSA) is 38.7 Å². The number of thiophene rings is 1. The molecular formula is C39H18B7N3S. The summed E-state index contributed by atoms with van der Waals surface area (Å²) < 4.78 is 1.26. The third kappa shape index (κ3) is 5.36. The molecule has 216 valence electrons. The second-order valence-corrected chi connectivity index (χ2v) is 13.0. The van der Waals surface area contributed by atoms with Crippen molar-refractivity contribution in [3.8, 4) is 56.4 Å². The number of hydrogen-bond acceptors (Lipinski definition) is 4. The molecule has 8 rings (SSSR count). The summed E-state index contributed by atoms with van der Waals surface area (Å²) in [4.78, 5) is 14.9. The molecule has 0 amide bonds. The van der Waals surface area contributed by atoms with Gasteiger partial charge in [-0.3, -0.25) is 0 Å². The monoisotopic (exact) mass is 637 g/mol. The first kappa shape index (κ1) is 32.2. The second-order valence-electron chi connectivity index (χ2n) is 12.0. The fourth-order valence-electron chi connectivity index (χ4n) is 6.25. The predicted octanol–water partition coefficient (Wildman–Crippen LogP) is 2.13. The van der Waals surface area contributed by atoms with Crippen molar-refractivity contribution in [3.63, 3.8) is 0 Å². The van der Waals surface area contributed by atoms with E-state index in [9.17, 15) is 0 Å². The van der Waals surface area contributed by atoms with E-state index < -0.39 is 0 Å². The Labute approximate surface area is 303 Å². The number of hydrogen-bond donors (Lipinski definition) is 0. The zero-order valence-corrected chi connectivity index (χ0v) is 27.5. The molecule has 8 aromatic rings. The van der Waals surface area contributed by atoms with E-state index in [2.05, 4.69) is 24.3 Å². The van der Waals surface area contributed by atoms with Crippen LogP contribution in [0, 0.1) is 0 Å². The first-order valence-electron chi connectivity index (χ1n) is 15.7. The van der Waals surface area contributed by atoms with Gasteiger partial charge in [-0.25, -0.2) is 15.0 Å². The second kappa shape index (κ2) is 12.7. The van der Waals surface area contributed by atoms with Crippen molar-refractivity contribution < 1.29 is 0 Å². The molecule has 0 aliphatic heterocycles. The molecular weight excluding hydrogens is 618 g/mol. The highest BCUT2D eigenvalue weighted by Gasteiger charge is 2.23. The lowest BCUT2D eigenvalue weighted by molar-refractivity contribution is 1.08. The highest BCUT2D eigenvalue weighted by atomic mass is 32.1. The van der Waals surface area contributed by atoms with Crippen LogP contribution in [0.4, 0.5) is 0 Å². The summed E-state index contributed by atoms with van der Waals surface area (Å²) in [5.41, 5.74) is 7.98. The Morgan fingerprint density at radius 3 is 1.16 bits per heavy atom. The van der Waals surface area contributed by atoms with E-state index in [0.717, 1.165) is 33.4 Å². The van der Waals surface area contributed by atoms with Gasteiger partial charge in [0.15, 0.2) is 17.5 Å². The van der Waals surface area contributed by atoms with Crippen LogP contribution in [0.5, 0.6) is 0 Å². The standard InChI is InChI=1S/C39H18B7N3S/c40-28-25-26-29(41)32(44)33(45)34(46)36(26)50-35(25)27(30(42)31(28)43)39-48-37(23-15-11-21(12-16-23)19-7-3-1-4-8-19)47-38(49-39)24-17-13-22(14-18-24)20-9-5-2-6-10-20/h1-18H. The van der Waals surface area contributed by atoms with Gasteiger partial charge in [0.25, 0.3) is 0 Å². The molecule has 0 atom stereocenters. The van der Waals surface area contributed by atoms with Crippen LogP contribution in [-0.2, 0) is 0 Å². The molecule has 0 saturated heterocycles. The van der Waals surface area contributed by atoms with Gasteiger partial charge in [-0.05, 0) is 33.0 Å². The van der Waals surface area contributed by atoms with Crippen LogP contribution < -0.4 is 38.2 Å². The molecule has 3 nitrogen and oxygen atoms in total. The summed E-state index contributed by atoms with van der Waals surface area (Å²) in [5, 5.41) is 1.12. The van der Waals surface area contributed by atoms with Crippen molar-refractivity contribution in [1.82, 2.24) is 15.0 Å². The Morgan fingerprint density at radius 1 is 0.320 bits per heavy atom. The molecule has 50 heavy (non-hydrogen) atoms. The molecule has 2 aromatic heterocycles. The van der Waals surface area contributed by atoms with Gasteiger partial charge >= 0.3 is 0 Å². The summed E-state index contributed by atoms with van der Waals surface area (Å²) in [7, 11) is 45.5. The van der Waals surface area contributed by atoms with Gasteiger partial charge in [0.2, 0.25) is 0 Å². The number of aromatic nitrogens is 3. The average molecular weight is 636 g/mol. The van der Waals surface area contributed by atoms with E-state index in [-0.39, 0.29) is 32.8 Å². The van der Waals surface area contributed by atoms with Crippen LogP contribution in [0.1, 0.15) is 0 Å². The molecule has 0 unspecified atom stereocenters. The van der Waals surface area contributed by atoms with Crippen molar-refractivity contribution in [1.29, 1.82) is 0 Å². The zero-order valence-electron chi connectivity index (χ0n) is 26.7. The smallest absolute Gasteiger partial charge is 0.164 e. The number of fused-ring (bicyclic) bond motifs is 3. The maximum Gasteiger partial charge on any atom is 0.164 e. The minimum absolute atomic E-state index is 0.170. The average Bonchev–Trinajstić information content (AvgIpc) is 3.57. The van der Waals surface area contributed by atoms with Crippen LogP contribution >= 0.6 is 11.3 Å². The fourth-order valence-corrected chi connectivity index (χ4v) is 7.60. The molecule has 0 saturated carbocycles. The summed E-state index contributed by atoms with van der Waals surface area (Å²) in [6.45, 7) is 0. The van der Waals surface area contributed by atoms with Crippen LogP contribution in [0.2, 0.25) is 0 Å². The van der Waals surface area contributed by atoms with Gasteiger partial charge in [-0.2, -0.15) is 0 Å². The van der Waals surface area contributed by atoms with Gasteiger partial charge in [0, 0.05) is 26.1 Å². The maximum absolute atomic E-state index is 6.77. The SMILES string of the molecule is [B]c1c([B])c([B])c2c(sc3c(-c4nc(-c5ccc(-c6ccccc6)cc5)nc(-c5ccc(-c6ccccc6)cc5)n4)c([B])c([B])c([B])c32)c1[B]. The summed E-state index contributed by atoms with van der Waals surface area (Å²) in [6.07, 6.45) is 0. The lowest BCUT2D eigenvalue weighted by atomic mass is 9.64. The van der Waals surface area contributed by atoms with Crippen LogP contribution in [-0.4, -0.2) is 69.9 Å². The van der Waals surface area contributed by atoms with E-state index in [1.165, 1.54) is 11.3 Å². The number of nitrogens with zero attached hydrogens (tertiary/aromatic N) is 3. The van der Waals surface area contributed by atoms with Crippen LogP contribution in [0.3, 0.4) is 0 Å². The number of benzene rings is 6. The summed E-state index contributed by atoms with van der Waals surface area (Å²) >= 11 is 1.33. The van der Waals surface area contributed by atoms with Gasteiger partial charge in [0.05, 0.1) is 0 Å². The van der Waals surface area contributed by atoms with Gasteiger partial charge < -0.3 is 0 Å². The van der Waals surface area contributed by atoms with E-state index in [0.29, 0.717) is 48.7 Å². The van der Waals surface area contributed by atoms with E-state index in [4.69, 9.17) is 69.9 Å². The van der Waals surface area contributed by atoms with E-state index >= 15 is 0 Å². The Hall–Kier alpha value is -5.00. The lowest BCUT2D eigenvalue weighted by Crippen LogP contribution is -2.47. The number of rotatable bonds is 5. The highest BCUT2D eigenvalue weighted by Crippen LogP contribution is 2.36. The Morgan fingerprint density at radius 2 is 0.680 bits per heavy atom. The van der Waals surface area contributed by atoms with Crippen LogP contribution in [0.25, 0.3) is 76.6 Å². The first-order valence-corrected chi connectivity index (χ1v) is 16.6. The fraction of sp³-hybridized carbons (Fsp3) is 0. The van der Waals surface area contributed by atoms with Gasteiger partial charge in [-0.15, -0.1) is 27.7 Å². The van der Waals surface area contributed by atoms with Gasteiger partial charge in [-0.1, -0.05) is 131 Å². The lowest BCUT2D eigenvalue weighted by Gasteiger charge is -2.17. The summed E-state index contributed by atoms with van der Waals surface area (Å²) in [6, 6.07) is 36.5. The molecule has 0 bridgehead atoms. The van der Waals surface area contributed by atoms with E-state index in [1.54, 1.807) is 0 Å². The Kier molecular flexibility index (Phi) is 8.19. The molecule has 0 spiro atoms. The normalized spacial score (nSPS) is 11.4. The molecule has 0 aliphatic carbocycles. The Bertz CT molecular complexity index is 2490. The largest absolute Gasteiger partial charge is 0.208 e. The van der Waals surface area contributed by atoms with Crippen molar-refractivity contribution in [3.05, 3.63) is 109 Å². The molecule has 2 heterocycles. The molecule has 0 aliphatic rings.